The van der Waals surface area contributed by atoms with Crippen molar-refractivity contribution in [2.75, 3.05) is 13.2 Å². The van der Waals surface area contributed by atoms with Crippen LogP contribution in [0, 0.1) is 7.14 Å². The summed E-state index contributed by atoms with van der Waals surface area (Å²) in [7, 11) is 0. The fraction of sp³-hybridized carbons (Fsp3) is 0.500. The summed E-state index contributed by atoms with van der Waals surface area (Å²) >= 11 is 4.19. The summed E-state index contributed by atoms with van der Waals surface area (Å²) in [5.74, 6) is -0.0248. The lowest BCUT2D eigenvalue weighted by Gasteiger charge is -2.25. The highest BCUT2D eigenvalue weighted by Crippen LogP contribution is 2.31. The van der Waals surface area contributed by atoms with E-state index in [1.807, 2.05) is 33.6 Å². The minimum atomic E-state index is -0.0978. The van der Waals surface area contributed by atoms with Crippen LogP contribution in [0.2, 0.25) is 0 Å². The van der Waals surface area contributed by atoms with Gasteiger partial charge in [0.1, 0.15) is 5.75 Å². The maximum Gasteiger partial charge on any atom is 0.257 e. The SMILES string of the molecule is O=C(c1cc(I)cc(I)c1O)N1CCCC1CCCO. The van der Waals surface area contributed by atoms with Gasteiger partial charge < -0.3 is 15.1 Å². The molecule has 0 radical (unpaired) electrons. The first kappa shape index (κ1) is 16.3. The molecule has 1 aromatic rings. The number of phenolic OH excluding ortho intramolecular Hbond substituents is 1. The summed E-state index contributed by atoms with van der Waals surface area (Å²) in [6.45, 7) is 0.890. The van der Waals surface area contributed by atoms with Gasteiger partial charge >= 0.3 is 0 Å². The average molecular weight is 501 g/mol. The molecule has 1 aliphatic rings. The van der Waals surface area contributed by atoms with E-state index in [-0.39, 0.29) is 24.3 Å². The van der Waals surface area contributed by atoms with E-state index in [0.29, 0.717) is 15.6 Å². The van der Waals surface area contributed by atoms with E-state index in [1.54, 1.807) is 6.07 Å². The topological polar surface area (TPSA) is 60.8 Å². The molecule has 1 amide bonds. The number of phenols is 1. The van der Waals surface area contributed by atoms with Gasteiger partial charge in [0, 0.05) is 22.8 Å². The number of aromatic hydroxyl groups is 1. The van der Waals surface area contributed by atoms with Crippen LogP contribution < -0.4 is 0 Å². The Morgan fingerprint density at radius 3 is 2.85 bits per heavy atom. The molecule has 110 valence electrons. The molecule has 1 saturated heterocycles. The Labute approximate surface area is 145 Å². The zero-order valence-electron chi connectivity index (χ0n) is 11.0. The Hall–Kier alpha value is -0.0900. The molecule has 0 bridgehead atoms. The number of nitrogens with zero attached hydrogens (tertiary/aromatic N) is 1. The standard InChI is InChI=1S/C14H17I2NO3/c15-9-7-11(13(19)12(16)8-9)14(20)17-5-1-3-10(17)4-2-6-18/h7-8,10,18-19H,1-6H2. The van der Waals surface area contributed by atoms with E-state index in [0.717, 1.165) is 29.4 Å². The van der Waals surface area contributed by atoms with Crippen LogP contribution in [0.15, 0.2) is 12.1 Å². The van der Waals surface area contributed by atoms with Gasteiger partial charge in [-0.05, 0) is 83.0 Å². The zero-order chi connectivity index (χ0) is 14.7. The largest absolute Gasteiger partial charge is 0.506 e. The normalized spacial score (nSPS) is 18.6. The Morgan fingerprint density at radius 2 is 2.15 bits per heavy atom. The smallest absolute Gasteiger partial charge is 0.257 e. The lowest BCUT2D eigenvalue weighted by Crippen LogP contribution is -2.35. The minimum absolute atomic E-state index is 0.0730. The van der Waals surface area contributed by atoms with E-state index in [9.17, 15) is 9.90 Å². The van der Waals surface area contributed by atoms with Crippen molar-refractivity contribution in [3.8, 4) is 5.75 Å². The van der Waals surface area contributed by atoms with Crippen LogP contribution in [0.3, 0.4) is 0 Å². The average Bonchev–Trinajstić information content (AvgIpc) is 2.88. The molecule has 1 atom stereocenters. The van der Waals surface area contributed by atoms with Gasteiger partial charge in [0.05, 0.1) is 9.13 Å². The maximum atomic E-state index is 12.6. The summed E-state index contributed by atoms with van der Waals surface area (Å²) in [6.07, 6.45) is 3.51. The third-order valence-corrected chi connectivity index (χ3v) is 5.04. The Balaban J connectivity index is 2.22. The highest BCUT2D eigenvalue weighted by molar-refractivity contribution is 14.1. The molecular formula is C14H17I2NO3. The van der Waals surface area contributed by atoms with Crippen LogP contribution in [-0.2, 0) is 0 Å². The molecule has 0 saturated carbocycles. The van der Waals surface area contributed by atoms with Crippen molar-refractivity contribution < 1.29 is 15.0 Å². The van der Waals surface area contributed by atoms with Gasteiger partial charge in [-0.1, -0.05) is 0 Å². The van der Waals surface area contributed by atoms with E-state index < -0.39 is 0 Å². The number of rotatable bonds is 4. The Bertz CT molecular complexity index is 507. The summed E-state index contributed by atoms with van der Waals surface area (Å²) in [4.78, 5) is 14.5. The molecule has 6 heteroatoms. The third-order valence-electron chi connectivity index (χ3n) is 3.59. The first-order valence-electron chi connectivity index (χ1n) is 6.64. The number of hydrogen-bond donors (Lipinski definition) is 2. The maximum absolute atomic E-state index is 12.6. The molecule has 0 spiro atoms. The summed E-state index contributed by atoms with van der Waals surface area (Å²) < 4.78 is 1.64. The number of hydrogen-bond acceptors (Lipinski definition) is 3. The van der Waals surface area contributed by atoms with Crippen molar-refractivity contribution >= 4 is 51.1 Å². The molecule has 0 aliphatic carbocycles. The zero-order valence-corrected chi connectivity index (χ0v) is 15.3. The highest BCUT2D eigenvalue weighted by atomic mass is 127. The number of aliphatic hydroxyl groups is 1. The molecule has 1 fully saturated rings. The molecule has 2 rings (SSSR count). The second-order valence-electron chi connectivity index (χ2n) is 4.94. The number of halogens is 2. The predicted molar refractivity (Wildman–Crippen MR) is 93.9 cm³/mol. The van der Waals surface area contributed by atoms with Crippen LogP contribution in [0.5, 0.6) is 5.75 Å². The number of likely N-dealkylation sites (tertiary alicyclic amines) is 1. The van der Waals surface area contributed by atoms with E-state index in [2.05, 4.69) is 22.6 Å². The van der Waals surface area contributed by atoms with Crippen molar-refractivity contribution in [3.63, 3.8) is 0 Å². The van der Waals surface area contributed by atoms with Crippen molar-refractivity contribution in [1.29, 1.82) is 0 Å². The van der Waals surface area contributed by atoms with E-state index in [4.69, 9.17) is 5.11 Å². The monoisotopic (exact) mass is 501 g/mol. The van der Waals surface area contributed by atoms with Gasteiger partial charge in [0.2, 0.25) is 0 Å². The van der Waals surface area contributed by atoms with Gasteiger partial charge in [-0.3, -0.25) is 4.79 Å². The summed E-state index contributed by atoms with van der Waals surface area (Å²) in [5.41, 5.74) is 0.386. The molecule has 1 unspecified atom stereocenters. The molecule has 0 aromatic heterocycles. The molecule has 20 heavy (non-hydrogen) atoms. The third kappa shape index (κ3) is 3.56. The lowest BCUT2D eigenvalue weighted by molar-refractivity contribution is 0.0721. The molecule has 4 nitrogen and oxygen atoms in total. The van der Waals surface area contributed by atoms with Crippen molar-refractivity contribution in [1.82, 2.24) is 4.90 Å². The van der Waals surface area contributed by atoms with Crippen LogP contribution in [0.1, 0.15) is 36.0 Å². The fourth-order valence-corrected chi connectivity index (χ4v) is 4.46. The van der Waals surface area contributed by atoms with Crippen LogP contribution in [0.25, 0.3) is 0 Å². The minimum Gasteiger partial charge on any atom is -0.506 e. The number of carbonyl (C=O) groups excluding carboxylic acids is 1. The molecule has 1 aliphatic heterocycles. The highest BCUT2D eigenvalue weighted by Gasteiger charge is 2.30. The van der Waals surface area contributed by atoms with Crippen molar-refractivity contribution in [2.45, 2.75) is 31.7 Å². The summed E-state index contributed by atoms with van der Waals surface area (Å²) in [6, 6.07) is 3.77. The van der Waals surface area contributed by atoms with Gasteiger partial charge in [0.15, 0.2) is 0 Å². The quantitative estimate of drug-likeness (QED) is 0.625. The first-order valence-corrected chi connectivity index (χ1v) is 8.80. The van der Waals surface area contributed by atoms with Crippen LogP contribution in [-0.4, -0.2) is 40.2 Å². The van der Waals surface area contributed by atoms with E-state index in [1.165, 1.54) is 0 Å². The molecule has 2 N–H and O–H groups in total. The Morgan fingerprint density at radius 1 is 1.40 bits per heavy atom. The predicted octanol–water partition coefficient (Wildman–Crippen LogP) is 2.98. The fourth-order valence-electron chi connectivity index (χ4n) is 2.61. The van der Waals surface area contributed by atoms with E-state index >= 15 is 0 Å². The second-order valence-corrected chi connectivity index (χ2v) is 7.35. The van der Waals surface area contributed by atoms with Crippen LogP contribution >= 0.6 is 45.2 Å². The molecule has 1 heterocycles. The number of aliphatic hydroxyl groups excluding tert-OH is 1. The number of amides is 1. The van der Waals surface area contributed by atoms with Crippen molar-refractivity contribution in [3.05, 3.63) is 24.8 Å². The van der Waals surface area contributed by atoms with Gasteiger partial charge in [-0.15, -0.1) is 0 Å². The Kier molecular flexibility index (Phi) is 5.91. The lowest BCUT2D eigenvalue weighted by atomic mass is 10.1. The first-order chi connectivity index (χ1) is 9.54. The van der Waals surface area contributed by atoms with Gasteiger partial charge in [-0.2, -0.15) is 0 Å². The summed E-state index contributed by atoms with van der Waals surface area (Å²) in [5, 5.41) is 19.1. The molecular weight excluding hydrogens is 484 g/mol. The van der Waals surface area contributed by atoms with Gasteiger partial charge in [-0.25, -0.2) is 0 Å². The number of benzene rings is 1. The number of carbonyl (C=O) groups is 1. The molecule has 1 aromatic carbocycles. The second kappa shape index (κ2) is 7.26. The van der Waals surface area contributed by atoms with Crippen LogP contribution in [0.4, 0.5) is 0 Å². The van der Waals surface area contributed by atoms with Gasteiger partial charge in [0.25, 0.3) is 5.91 Å². The van der Waals surface area contributed by atoms with Crippen molar-refractivity contribution in [2.24, 2.45) is 0 Å².